The molecule has 2 unspecified atom stereocenters. The zero-order chi connectivity index (χ0) is 24.7. The minimum Gasteiger partial charge on any atom is -0.491 e. The van der Waals surface area contributed by atoms with Crippen LogP contribution in [0.3, 0.4) is 0 Å². The SMILES string of the molecule is CC(C)n1ncnc1-c1cn2c(n1)-c1ccc(C3CCN(CC(=O)N(C)C)CC3O)cc1OCC2. The van der Waals surface area contributed by atoms with E-state index in [1.807, 2.05) is 27.9 Å². The highest BCUT2D eigenvalue weighted by Gasteiger charge is 2.31. The summed E-state index contributed by atoms with van der Waals surface area (Å²) in [4.78, 5) is 25.0. The Morgan fingerprint density at radius 3 is 2.83 bits per heavy atom. The van der Waals surface area contributed by atoms with E-state index in [1.165, 1.54) is 0 Å². The van der Waals surface area contributed by atoms with E-state index in [-0.39, 0.29) is 17.9 Å². The number of aliphatic hydroxyl groups is 1. The number of β-amino-alcohol motifs (C(OH)–C–C–N with tert-alkyl or cyclic N) is 1. The summed E-state index contributed by atoms with van der Waals surface area (Å²) in [6, 6.07) is 6.34. The predicted molar refractivity (Wildman–Crippen MR) is 131 cm³/mol. The molecule has 2 aromatic heterocycles. The lowest BCUT2D eigenvalue weighted by molar-refractivity contribution is -0.130. The van der Waals surface area contributed by atoms with E-state index in [4.69, 9.17) is 9.72 Å². The molecule has 0 spiro atoms. The summed E-state index contributed by atoms with van der Waals surface area (Å²) in [5.41, 5.74) is 2.77. The fraction of sp³-hybridized carbons (Fsp3) is 0.520. The van der Waals surface area contributed by atoms with Crippen LogP contribution in [0.2, 0.25) is 0 Å². The van der Waals surface area contributed by atoms with Gasteiger partial charge in [-0.05, 0) is 44.5 Å². The maximum absolute atomic E-state index is 12.1. The van der Waals surface area contributed by atoms with Gasteiger partial charge < -0.3 is 19.3 Å². The Labute approximate surface area is 205 Å². The van der Waals surface area contributed by atoms with Crippen molar-refractivity contribution in [2.24, 2.45) is 0 Å². The fourth-order valence-electron chi connectivity index (χ4n) is 4.91. The van der Waals surface area contributed by atoms with Crippen molar-refractivity contribution in [1.29, 1.82) is 0 Å². The van der Waals surface area contributed by atoms with Gasteiger partial charge in [0.15, 0.2) is 5.82 Å². The van der Waals surface area contributed by atoms with Crippen molar-refractivity contribution >= 4 is 5.91 Å². The molecule has 186 valence electrons. The highest BCUT2D eigenvalue weighted by Crippen LogP contribution is 2.38. The number of imidazole rings is 1. The lowest BCUT2D eigenvalue weighted by Gasteiger charge is -2.36. The number of nitrogens with zero attached hydrogens (tertiary/aromatic N) is 7. The van der Waals surface area contributed by atoms with Crippen molar-refractivity contribution < 1.29 is 14.6 Å². The summed E-state index contributed by atoms with van der Waals surface area (Å²) in [6.45, 7) is 6.94. The normalized spacial score (nSPS) is 20.2. The molecule has 1 N–H and O–H groups in total. The van der Waals surface area contributed by atoms with Crippen LogP contribution in [-0.2, 0) is 11.3 Å². The largest absolute Gasteiger partial charge is 0.491 e. The van der Waals surface area contributed by atoms with Gasteiger partial charge in [-0.3, -0.25) is 9.69 Å². The molecule has 2 aliphatic rings. The molecule has 2 atom stereocenters. The van der Waals surface area contributed by atoms with Crippen molar-refractivity contribution in [2.45, 2.75) is 44.9 Å². The molecular formula is C25H33N7O3. The van der Waals surface area contributed by atoms with Crippen molar-refractivity contribution in [3.63, 3.8) is 0 Å². The van der Waals surface area contributed by atoms with Crippen molar-refractivity contribution in [3.05, 3.63) is 36.3 Å². The summed E-state index contributed by atoms with van der Waals surface area (Å²) >= 11 is 0. The number of aromatic nitrogens is 5. The van der Waals surface area contributed by atoms with Gasteiger partial charge in [0, 0.05) is 38.8 Å². The van der Waals surface area contributed by atoms with E-state index in [2.05, 4.69) is 34.6 Å². The molecule has 1 aromatic carbocycles. The maximum Gasteiger partial charge on any atom is 0.236 e. The van der Waals surface area contributed by atoms with Gasteiger partial charge in [-0.25, -0.2) is 14.6 Å². The Bertz CT molecular complexity index is 1220. The molecule has 1 amide bonds. The van der Waals surface area contributed by atoms with Crippen molar-refractivity contribution in [3.8, 4) is 28.7 Å². The molecule has 5 rings (SSSR count). The van der Waals surface area contributed by atoms with Crippen LogP contribution in [-0.4, -0.2) is 91.6 Å². The lowest BCUT2D eigenvalue weighted by atomic mass is 9.86. The molecular weight excluding hydrogens is 446 g/mol. The first-order valence-electron chi connectivity index (χ1n) is 12.2. The van der Waals surface area contributed by atoms with Gasteiger partial charge in [0.05, 0.1) is 24.8 Å². The molecule has 0 saturated carbocycles. The average Bonchev–Trinajstić information content (AvgIpc) is 3.43. The first-order valence-corrected chi connectivity index (χ1v) is 12.2. The number of benzene rings is 1. The number of piperidine rings is 1. The number of aliphatic hydroxyl groups excluding tert-OH is 1. The van der Waals surface area contributed by atoms with Crippen LogP contribution >= 0.6 is 0 Å². The van der Waals surface area contributed by atoms with Crippen LogP contribution in [0.25, 0.3) is 22.9 Å². The first-order chi connectivity index (χ1) is 16.8. The van der Waals surface area contributed by atoms with Crippen LogP contribution in [0.15, 0.2) is 30.7 Å². The van der Waals surface area contributed by atoms with E-state index in [0.29, 0.717) is 26.2 Å². The molecule has 35 heavy (non-hydrogen) atoms. The first kappa shape index (κ1) is 23.5. The number of carbonyl (C=O) groups excluding carboxylic acids is 1. The van der Waals surface area contributed by atoms with Gasteiger partial charge >= 0.3 is 0 Å². The van der Waals surface area contributed by atoms with Crippen LogP contribution in [0.4, 0.5) is 0 Å². The van der Waals surface area contributed by atoms with Crippen molar-refractivity contribution in [2.75, 3.05) is 40.3 Å². The maximum atomic E-state index is 12.1. The van der Waals surface area contributed by atoms with Crippen LogP contribution < -0.4 is 4.74 Å². The van der Waals surface area contributed by atoms with Gasteiger partial charge in [-0.15, -0.1) is 0 Å². The predicted octanol–water partition coefficient (Wildman–Crippen LogP) is 2.02. The summed E-state index contributed by atoms with van der Waals surface area (Å²) in [5.74, 6) is 2.42. The smallest absolute Gasteiger partial charge is 0.236 e. The Morgan fingerprint density at radius 2 is 2.09 bits per heavy atom. The number of ether oxygens (including phenoxy) is 1. The van der Waals surface area contributed by atoms with Crippen molar-refractivity contribution in [1.82, 2.24) is 34.1 Å². The monoisotopic (exact) mass is 479 g/mol. The van der Waals surface area contributed by atoms with Gasteiger partial charge in [0.25, 0.3) is 0 Å². The quantitative estimate of drug-likeness (QED) is 0.597. The molecule has 0 radical (unpaired) electrons. The molecule has 0 aliphatic carbocycles. The Hall–Kier alpha value is -3.24. The minimum absolute atomic E-state index is 0.00207. The van der Waals surface area contributed by atoms with Crippen LogP contribution in [0.5, 0.6) is 5.75 Å². The van der Waals surface area contributed by atoms with E-state index in [1.54, 1.807) is 25.3 Å². The summed E-state index contributed by atoms with van der Waals surface area (Å²) < 4.78 is 10.1. The number of likely N-dealkylation sites (N-methyl/N-ethyl adjacent to an activating group) is 1. The van der Waals surface area contributed by atoms with Gasteiger partial charge in [0.1, 0.15) is 30.2 Å². The van der Waals surface area contributed by atoms with Crippen LogP contribution in [0.1, 0.15) is 37.8 Å². The molecule has 4 heterocycles. The fourth-order valence-corrected chi connectivity index (χ4v) is 4.91. The third kappa shape index (κ3) is 4.55. The number of amides is 1. The number of rotatable bonds is 5. The number of hydrogen-bond acceptors (Lipinski definition) is 7. The molecule has 1 fully saturated rings. The Morgan fingerprint density at radius 1 is 1.26 bits per heavy atom. The van der Waals surface area contributed by atoms with Gasteiger partial charge in [-0.1, -0.05) is 6.07 Å². The van der Waals surface area contributed by atoms with E-state index in [0.717, 1.165) is 47.2 Å². The molecule has 10 nitrogen and oxygen atoms in total. The second-order valence-corrected chi connectivity index (χ2v) is 9.85. The standard InChI is InChI=1S/C25H33N7O3/c1-16(2)32-25(26-15-27-32)20-12-31-9-10-35-22-11-17(5-6-19(22)24(31)28-20)18-7-8-30(13-21(18)33)14-23(34)29(3)4/h5-6,11-12,15-16,18,21,33H,7-10,13-14H2,1-4H3. The molecule has 1 saturated heterocycles. The minimum atomic E-state index is -0.543. The second kappa shape index (κ2) is 9.43. The highest BCUT2D eigenvalue weighted by atomic mass is 16.5. The summed E-state index contributed by atoms with van der Waals surface area (Å²) in [7, 11) is 3.51. The van der Waals surface area contributed by atoms with E-state index in [9.17, 15) is 9.90 Å². The molecule has 10 heteroatoms. The van der Waals surface area contributed by atoms with Gasteiger partial charge in [0.2, 0.25) is 5.91 Å². The third-order valence-electron chi connectivity index (χ3n) is 6.86. The third-order valence-corrected chi connectivity index (χ3v) is 6.86. The average molecular weight is 480 g/mol. The van der Waals surface area contributed by atoms with Gasteiger partial charge in [-0.2, -0.15) is 5.10 Å². The molecule has 2 aliphatic heterocycles. The number of carbonyl (C=O) groups is 1. The van der Waals surface area contributed by atoms with E-state index < -0.39 is 6.10 Å². The van der Waals surface area contributed by atoms with E-state index >= 15 is 0 Å². The Balaban J connectivity index is 1.38. The summed E-state index contributed by atoms with van der Waals surface area (Å²) in [6.07, 6.45) is 3.82. The topological polar surface area (TPSA) is 102 Å². The zero-order valence-electron chi connectivity index (χ0n) is 20.8. The highest BCUT2D eigenvalue weighted by molar-refractivity contribution is 5.77. The number of hydrogen-bond donors (Lipinski definition) is 1. The number of likely N-dealkylation sites (tertiary alicyclic amines) is 1. The Kier molecular flexibility index (Phi) is 6.33. The van der Waals surface area contributed by atoms with Crippen LogP contribution in [0, 0.1) is 0 Å². The zero-order valence-corrected chi connectivity index (χ0v) is 20.8. The lowest BCUT2D eigenvalue weighted by Crippen LogP contribution is -2.46. The number of fused-ring (bicyclic) bond motifs is 3. The molecule has 0 bridgehead atoms. The molecule has 3 aromatic rings. The second-order valence-electron chi connectivity index (χ2n) is 9.85. The summed E-state index contributed by atoms with van der Waals surface area (Å²) in [5, 5.41) is 15.2.